The lowest BCUT2D eigenvalue weighted by molar-refractivity contribution is -0.272. The van der Waals surface area contributed by atoms with Crippen LogP contribution in [-0.4, -0.2) is 36.7 Å². The van der Waals surface area contributed by atoms with Crippen molar-refractivity contribution in [3.63, 3.8) is 0 Å². The maximum atomic E-state index is 14.6. The van der Waals surface area contributed by atoms with E-state index in [1.165, 1.54) is 34.7 Å². The zero-order valence-corrected chi connectivity index (χ0v) is 18.6. The highest BCUT2D eigenvalue weighted by atomic mass is 19.4. The number of ether oxygens (including phenoxy) is 1. The molecule has 1 aliphatic heterocycles. The summed E-state index contributed by atoms with van der Waals surface area (Å²) in [6.45, 7) is 2.42. The Kier molecular flexibility index (Phi) is 6.35. The van der Waals surface area contributed by atoms with Gasteiger partial charge in [-0.3, -0.25) is 4.79 Å². The van der Waals surface area contributed by atoms with Gasteiger partial charge in [0.1, 0.15) is 0 Å². The smallest absolute Gasteiger partial charge is 0.356 e. The molecule has 3 nitrogen and oxygen atoms in total. The molecule has 4 rings (SSSR count). The minimum Gasteiger partial charge on any atom is -0.356 e. The molecular weight excluding hydrogens is 415 g/mol. The third-order valence-corrected chi connectivity index (χ3v) is 7.31. The molecule has 0 unspecified atom stereocenters. The van der Waals surface area contributed by atoms with Crippen molar-refractivity contribution in [2.24, 2.45) is 5.92 Å². The molecule has 32 heavy (non-hydrogen) atoms. The monoisotopic (exact) mass is 445 g/mol. The summed E-state index contributed by atoms with van der Waals surface area (Å²) in [7, 11) is 0.982. The van der Waals surface area contributed by atoms with Crippen LogP contribution in [0.3, 0.4) is 0 Å². The van der Waals surface area contributed by atoms with Crippen LogP contribution in [0.15, 0.2) is 54.6 Å². The number of nitrogens with zero attached hydrogens (tertiary/aromatic N) is 1. The Labute approximate surface area is 187 Å². The van der Waals surface area contributed by atoms with Gasteiger partial charge in [0.15, 0.2) is 0 Å². The number of carbonyl (C=O) groups excluding carboxylic acids is 1. The number of hydrogen-bond acceptors (Lipinski definition) is 2. The topological polar surface area (TPSA) is 29.5 Å². The van der Waals surface area contributed by atoms with Crippen LogP contribution in [0.4, 0.5) is 13.2 Å². The van der Waals surface area contributed by atoms with Crippen LogP contribution >= 0.6 is 0 Å². The fourth-order valence-corrected chi connectivity index (χ4v) is 5.80. The predicted molar refractivity (Wildman–Crippen MR) is 117 cm³/mol. The zero-order chi connectivity index (χ0) is 22.9. The van der Waals surface area contributed by atoms with E-state index in [2.05, 4.69) is 13.0 Å². The van der Waals surface area contributed by atoms with E-state index in [1.807, 2.05) is 18.2 Å². The molecule has 0 radical (unpaired) electrons. The summed E-state index contributed by atoms with van der Waals surface area (Å²) in [6.07, 6.45) is -0.724. The van der Waals surface area contributed by atoms with E-state index < -0.39 is 17.7 Å². The van der Waals surface area contributed by atoms with Crippen LogP contribution in [0.1, 0.15) is 55.2 Å². The largest absolute Gasteiger partial charge is 0.430 e. The van der Waals surface area contributed by atoms with Gasteiger partial charge in [-0.05, 0) is 42.2 Å². The number of methoxy groups -OCH3 is 1. The van der Waals surface area contributed by atoms with E-state index >= 15 is 0 Å². The lowest BCUT2D eigenvalue weighted by Gasteiger charge is -2.52. The summed E-state index contributed by atoms with van der Waals surface area (Å²) in [5, 5.41) is 0. The molecular formula is C26H30F3NO2. The zero-order valence-electron chi connectivity index (χ0n) is 18.6. The molecule has 1 aliphatic carbocycles. The van der Waals surface area contributed by atoms with E-state index in [0.29, 0.717) is 19.4 Å². The van der Waals surface area contributed by atoms with E-state index in [4.69, 9.17) is 4.74 Å². The van der Waals surface area contributed by atoms with Gasteiger partial charge >= 0.3 is 6.18 Å². The molecule has 0 N–H and O–H groups in total. The van der Waals surface area contributed by atoms with Crippen molar-refractivity contribution in [3.05, 3.63) is 71.3 Å². The van der Waals surface area contributed by atoms with E-state index in [1.54, 1.807) is 6.07 Å². The summed E-state index contributed by atoms with van der Waals surface area (Å²) in [6, 6.07) is 15.2. The number of fused-ring (bicyclic) bond motifs is 4. The lowest BCUT2D eigenvalue weighted by Crippen LogP contribution is -2.63. The van der Waals surface area contributed by atoms with Crippen molar-refractivity contribution in [1.82, 2.24) is 4.90 Å². The van der Waals surface area contributed by atoms with Crippen molar-refractivity contribution in [3.8, 4) is 0 Å². The van der Waals surface area contributed by atoms with Crippen LogP contribution in [0.2, 0.25) is 0 Å². The molecule has 2 aromatic rings. The average Bonchev–Trinajstić information content (AvgIpc) is 2.78. The second kappa shape index (κ2) is 8.89. The number of carbonyl (C=O) groups is 1. The number of likely N-dealkylation sites (tertiary alicyclic amines) is 1. The molecule has 2 aromatic carbocycles. The van der Waals surface area contributed by atoms with Gasteiger partial charge in [0.25, 0.3) is 11.5 Å². The first-order valence-corrected chi connectivity index (χ1v) is 11.4. The number of alkyl halides is 3. The van der Waals surface area contributed by atoms with Crippen LogP contribution in [0.5, 0.6) is 0 Å². The summed E-state index contributed by atoms with van der Waals surface area (Å²) in [4.78, 5) is 15.3. The molecule has 0 spiro atoms. The molecule has 4 atom stereocenters. The van der Waals surface area contributed by atoms with Gasteiger partial charge in [-0.15, -0.1) is 0 Å². The Morgan fingerprint density at radius 1 is 1.09 bits per heavy atom. The normalized spacial score (nSPS) is 24.5. The number of piperidine rings is 1. The van der Waals surface area contributed by atoms with Gasteiger partial charge < -0.3 is 9.64 Å². The molecule has 0 aromatic heterocycles. The van der Waals surface area contributed by atoms with Crippen molar-refractivity contribution in [2.45, 2.75) is 62.8 Å². The first-order chi connectivity index (χ1) is 15.3. The minimum atomic E-state index is -4.89. The van der Waals surface area contributed by atoms with Gasteiger partial charge in [-0.1, -0.05) is 74.4 Å². The van der Waals surface area contributed by atoms with Gasteiger partial charge in [-0.25, -0.2) is 0 Å². The summed E-state index contributed by atoms with van der Waals surface area (Å²) in [5.41, 5.74) is -0.743. The molecule has 2 bridgehead atoms. The third-order valence-electron chi connectivity index (χ3n) is 7.31. The summed E-state index contributed by atoms with van der Waals surface area (Å²) >= 11 is 0. The van der Waals surface area contributed by atoms with Crippen molar-refractivity contribution in [2.75, 3.05) is 13.7 Å². The fourth-order valence-electron chi connectivity index (χ4n) is 5.80. The van der Waals surface area contributed by atoms with Crippen LogP contribution in [0, 0.1) is 5.92 Å². The molecule has 172 valence electrons. The second-order valence-corrected chi connectivity index (χ2v) is 8.92. The fraction of sp³-hybridized carbons (Fsp3) is 0.500. The Morgan fingerprint density at radius 2 is 1.78 bits per heavy atom. The molecule has 1 fully saturated rings. The van der Waals surface area contributed by atoms with E-state index in [9.17, 15) is 18.0 Å². The first-order valence-electron chi connectivity index (χ1n) is 11.4. The highest BCUT2D eigenvalue weighted by molar-refractivity contribution is 5.88. The van der Waals surface area contributed by atoms with Crippen molar-refractivity contribution in [1.29, 1.82) is 0 Å². The van der Waals surface area contributed by atoms with Gasteiger partial charge in [0.2, 0.25) is 0 Å². The maximum absolute atomic E-state index is 14.6. The summed E-state index contributed by atoms with van der Waals surface area (Å²) in [5.74, 6) is -0.566. The van der Waals surface area contributed by atoms with Crippen LogP contribution in [0.25, 0.3) is 0 Å². The van der Waals surface area contributed by atoms with Crippen molar-refractivity contribution < 1.29 is 22.7 Å². The predicted octanol–water partition coefficient (Wildman–Crippen LogP) is 5.84. The Morgan fingerprint density at radius 3 is 2.44 bits per heavy atom. The highest BCUT2D eigenvalue weighted by Gasteiger charge is 2.65. The van der Waals surface area contributed by atoms with Gasteiger partial charge in [0.05, 0.1) is 0 Å². The first kappa shape index (κ1) is 22.8. The Bertz CT molecular complexity index is 946. The summed E-state index contributed by atoms with van der Waals surface area (Å²) < 4.78 is 48.8. The standard InChI is InChI=1S/C26H30F3NO2/c1-3-4-13-22-21-15-16-30(23(22)17-18-10-8-9-14-20(18)21)24(31)25(32-2,26(27,28)29)19-11-6-5-7-12-19/h5-12,14,21-23H,3-4,13,15-17H2,1-2H3/t21-,22+,23+,25+/m0/s1. The minimum absolute atomic E-state index is 0.154. The average molecular weight is 446 g/mol. The Hall–Kier alpha value is -2.34. The molecule has 1 saturated heterocycles. The second-order valence-electron chi connectivity index (χ2n) is 8.92. The number of halogens is 3. The molecule has 0 saturated carbocycles. The maximum Gasteiger partial charge on any atom is 0.430 e. The Balaban J connectivity index is 1.77. The number of rotatable bonds is 6. The molecule has 2 aliphatic rings. The molecule has 1 amide bonds. The van der Waals surface area contributed by atoms with Gasteiger partial charge in [0, 0.05) is 25.3 Å². The van der Waals surface area contributed by atoms with Crippen LogP contribution < -0.4 is 0 Å². The quantitative estimate of drug-likeness (QED) is 0.559. The van der Waals surface area contributed by atoms with E-state index in [0.717, 1.165) is 31.9 Å². The molecule has 1 heterocycles. The van der Waals surface area contributed by atoms with Gasteiger partial charge in [-0.2, -0.15) is 13.2 Å². The number of amides is 1. The van der Waals surface area contributed by atoms with Crippen molar-refractivity contribution >= 4 is 5.91 Å². The number of hydrogen-bond donors (Lipinski definition) is 0. The number of benzene rings is 2. The SMILES string of the molecule is CCCC[C@H]1[C@H]2Cc3ccccc3[C@@H]1CCN2C(=O)[C@](OC)(c1ccccc1)C(F)(F)F. The lowest BCUT2D eigenvalue weighted by atomic mass is 9.66. The number of unbranched alkanes of at least 4 members (excludes halogenated alkanes) is 1. The molecule has 6 heteroatoms. The third kappa shape index (κ3) is 3.62. The van der Waals surface area contributed by atoms with Crippen LogP contribution in [-0.2, 0) is 21.6 Å². The highest BCUT2D eigenvalue weighted by Crippen LogP contribution is 2.49. The van der Waals surface area contributed by atoms with E-state index in [-0.39, 0.29) is 23.4 Å².